The van der Waals surface area contributed by atoms with Gasteiger partial charge in [-0.3, -0.25) is 0 Å². The van der Waals surface area contributed by atoms with Crippen molar-refractivity contribution in [2.24, 2.45) is 0 Å². The highest BCUT2D eigenvalue weighted by Crippen LogP contribution is 2.33. The number of hydrogen-bond donors (Lipinski definition) is 1. The van der Waals surface area contributed by atoms with Gasteiger partial charge in [0, 0.05) is 10.5 Å². The lowest BCUT2D eigenvalue weighted by Gasteiger charge is -2.22. The molecule has 1 saturated carbocycles. The van der Waals surface area contributed by atoms with E-state index in [4.69, 9.17) is 0 Å². The summed E-state index contributed by atoms with van der Waals surface area (Å²) in [5, 5.41) is 4.39. The molecule has 1 aliphatic rings. The number of benzene rings is 1. The van der Waals surface area contributed by atoms with Gasteiger partial charge in [-0.25, -0.2) is 9.37 Å². The highest BCUT2D eigenvalue weighted by Gasteiger charge is 2.15. The van der Waals surface area contributed by atoms with Gasteiger partial charge in [-0.15, -0.1) is 0 Å². The topological polar surface area (TPSA) is 24.9 Å². The molecular formula is C13H14BrFN2S. The van der Waals surface area contributed by atoms with Crippen molar-refractivity contribution in [1.82, 2.24) is 4.98 Å². The molecule has 0 amide bonds. The maximum atomic E-state index is 13.3. The van der Waals surface area contributed by atoms with Gasteiger partial charge < -0.3 is 5.32 Å². The van der Waals surface area contributed by atoms with Gasteiger partial charge in [0.2, 0.25) is 0 Å². The van der Waals surface area contributed by atoms with Crippen LogP contribution in [-0.2, 0) is 0 Å². The molecule has 0 spiro atoms. The monoisotopic (exact) mass is 328 g/mol. The standard InChI is InChI=1S/C13H14BrFN2S/c14-10-6-8(15)7-11-12(10)17-13(18-11)16-9-4-2-1-3-5-9/h6-7,9H,1-5H2,(H,16,17). The molecule has 3 rings (SSSR count). The van der Waals surface area contributed by atoms with Gasteiger partial charge in [0.1, 0.15) is 5.82 Å². The number of thiazole rings is 1. The number of fused-ring (bicyclic) bond motifs is 1. The third-order valence-electron chi connectivity index (χ3n) is 3.35. The minimum atomic E-state index is -0.220. The molecular weight excluding hydrogens is 315 g/mol. The zero-order valence-corrected chi connectivity index (χ0v) is 12.3. The molecule has 0 saturated heterocycles. The van der Waals surface area contributed by atoms with E-state index in [1.807, 2.05) is 0 Å². The van der Waals surface area contributed by atoms with Crippen LogP contribution in [0.3, 0.4) is 0 Å². The zero-order valence-electron chi connectivity index (χ0n) is 9.88. The van der Waals surface area contributed by atoms with E-state index in [0.717, 1.165) is 19.8 Å². The van der Waals surface area contributed by atoms with Gasteiger partial charge in [-0.1, -0.05) is 30.6 Å². The molecule has 2 aromatic rings. The minimum absolute atomic E-state index is 0.220. The van der Waals surface area contributed by atoms with E-state index in [-0.39, 0.29) is 5.82 Å². The van der Waals surface area contributed by atoms with E-state index < -0.39 is 0 Å². The summed E-state index contributed by atoms with van der Waals surface area (Å²) in [5.41, 5.74) is 0.847. The molecule has 1 aromatic heterocycles. The number of aromatic nitrogens is 1. The normalized spacial score (nSPS) is 17.2. The third-order valence-corrected chi connectivity index (χ3v) is 4.88. The van der Waals surface area contributed by atoms with Crippen LogP contribution in [0.4, 0.5) is 9.52 Å². The van der Waals surface area contributed by atoms with E-state index in [9.17, 15) is 4.39 Å². The van der Waals surface area contributed by atoms with E-state index in [0.29, 0.717) is 6.04 Å². The Morgan fingerprint density at radius 2 is 2.06 bits per heavy atom. The first-order chi connectivity index (χ1) is 8.72. The van der Waals surface area contributed by atoms with Gasteiger partial charge in [0.25, 0.3) is 0 Å². The van der Waals surface area contributed by atoms with Crippen LogP contribution in [-0.4, -0.2) is 11.0 Å². The molecule has 0 radical (unpaired) electrons. The van der Waals surface area contributed by atoms with Crippen LogP contribution in [0, 0.1) is 5.82 Å². The Balaban J connectivity index is 1.86. The van der Waals surface area contributed by atoms with Crippen molar-refractivity contribution in [3.63, 3.8) is 0 Å². The summed E-state index contributed by atoms with van der Waals surface area (Å²) in [6.45, 7) is 0. The van der Waals surface area contributed by atoms with Crippen LogP contribution in [0.2, 0.25) is 0 Å². The fourth-order valence-electron chi connectivity index (χ4n) is 2.44. The second-order valence-electron chi connectivity index (χ2n) is 4.73. The fourth-order valence-corrected chi connectivity index (χ4v) is 4.09. The van der Waals surface area contributed by atoms with E-state index >= 15 is 0 Å². The van der Waals surface area contributed by atoms with Crippen molar-refractivity contribution in [2.75, 3.05) is 5.32 Å². The van der Waals surface area contributed by atoms with Crippen LogP contribution < -0.4 is 5.32 Å². The van der Waals surface area contributed by atoms with E-state index in [1.54, 1.807) is 6.07 Å². The Morgan fingerprint density at radius 1 is 1.28 bits per heavy atom. The second kappa shape index (κ2) is 5.13. The molecule has 1 heterocycles. The third kappa shape index (κ3) is 2.52. The summed E-state index contributed by atoms with van der Waals surface area (Å²) in [5.74, 6) is -0.220. The number of nitrogens with zero attached hydrogens (tertiary/aromatic N) is 1. The Labute approximate surface area is 118 Å². The van der Waals surface area contributed by atoms with Gasteiger partial charge >= 0.3 is 0 Å². The van der Waals surface area contributed by atoms with E-state index in [2.05, 4.69) is 26.2 Å². The first kappa shape index (κ1) is 12.4. The first-order valence-electron chi connectivity index (χ1n) is 6.24. The average Bonchev–Trinajstić information content (AvgIpc) is 2.73. The summed E-state index contributed by atoms with van der Waals surface area (Å²) in [6, 6.07) is 3.54. The summed E-state index contributed by atoms with van der Waals surface area (Å²) < 4.78 is 14.9. The number of halogens is 2. The Morgan fingerprint density at radius 3 is 2.83 bits per heavy atom. The molecule has 0 unspecified atom stereocenters. The number of rotatable bonds is 2. The predicted molar refractivity (Wildman–Crippen MR) is 77.8 cm³/mol. The molecule has 0 aliphatic heterocycles. The second-order valence-corrected chi connectivity index (χ2v) is 6.62. The maximum absolute atomic E-state index is 13.3. The maximum Gasteiger partial charge on any atom is 0.184 e. The van der Waals surface area contributed by atoms with Crippen molar-refractivity contribution in [2.45, 2.75) is 38.1 Å². The quantitative estimate of drug-likeness (QED) is 0.844. The van der Waals surface area contributed by atoms with Gasteiger partial charge in [0.05, 0.1) is 10.2 Å². The minimum Gasteiger partial charge on any atom is -0.359 e. The molecule has 96 valence electrons. The number of nitrogens with one attached hydrogen (secondary N) is 1. The van der Waals surface area contributed by atoms with Gasteiger partial charge in [0.15, 0.2) is 5.13 Å². The number of anilines is 1. The molecule has 0 bridgehead atoms. The molecule has 1 aliphatic carbocycles. The summed E-state index contributed by atoms with van der Waals surface area (Å²) in [7, 11) is 0. The van der Waals surface area contributed by atoms with Crippen molar-refractivity contribution in [3.05, 3.63) is 22.4 Å². The Kier molecular flexibility index (Phi) is 3.52. The van der Waals surface area contributed by atoms with Crippen molar-refractivity contribution in [1.29, 1.82) is 0 Å². The van der Waals surface area contributed by atoms with Crippen molar-refractivity contribution < 1.29 is 4.39 Å². The fraction of sp³-hybridized carbons (Fsp3) is 0.462. The van der Waals surface area contributed by atoms with Crippen LogP contribution >= 0.6 is 27.3 Å². The largest absolute Gasteiger partial charge is 0.359 e. The summed E-state index contributed by atoms with van der Waals surface area (Å²) in [6.07, 6.45) is 6.35. The Hall–Kier alpha value is -0.680. The van der Waals surface area contributed by atoms with E-state index in [1.165, 1.54) is 49.5 Å². The molecule has 18 heavy (non-hydrogen) atoms. The van der Waals surface area contributed by atoms with Crippen LogP contribution in [0.25, 0.3) is 10.2 Å². The SMILES string of the molecule is Fc1cc(Br)c2nc(NC3CCCCC3)sc2c1. The first-order valence-corrected chi connectivity index (χ1v) is 7.85. The van der Waals surface area contributed by atoms with Crippen LogP contribution in [0.15, 0.2) is 16.6 Å². The van der Waals surface area contributed by atoms with Gasteiger partial charge in [-0.2, -0.15) is 0 Å². The highest BCUT2D eigenvalue weighted by atomic mass is 79.9. The van der Waals surface area contributed by atoms with Crippen LogP contribution in [0.1, 0.15) is 32.1 Å². The summed E-state index contributed by atoms with van der Waals surface area (Å²) >= 11 is 4.89. The van der Waals surface area contributed by atoms with Crippen molar-refractivity contribution in [3.8, 4) is 0 Å². The lowest BCUT2D eigenvalue weighted by molar-refractivity contribution is 0.462. The lowest BCUT2D eigenvalue weighted by atomic mass is 9.96. The highest BCUT2D eigenvalue weighted by molar-refractivity contribution is 9.10. The molecule has 0 atom stereocenters. The molecule has 1 fully saturated rings. The van der Waals surface area contributed by atoms with Gasteiger partial charge in [-0.05, 0) is 40.9 Å². The molecule has 5 heteroatoms. The average molecular weight is 329 g/mol. The van der Waals surface area contributed by atoms with Crippen molar-refractivity contribution >= 4 is 42.6 Å². The molecule has 2 nitrogen and oxygen atoms in total. The number of hydrogen-bond acceptors (Lipinski definition) is 3. The zero-order chi connectivity index (χ0) is 12.5. The lowest BCUT2D eigenvalue weighted by Crippen LogP contribution is -2.21. The smallest absolute Gasteiger partial charge is 0.184 e. The summed E-state index contributed by atoms with van der Waals surface area (Å²) in [4.78, 5) is 4.54. The van der Waals surface area contributed by atoms with Crippen LogP contribution in [0.5, 0.6) is 0 Å². The Bertz CT molecular complexity index is 563. The predicted octanol–water partition coefficient (Wildman–Crippen LogP) is 4.94. The molecule has 1 aromatic carbocycles. The molecule has 1 N–H and O–H groups in total.